The molecule has 0 amide bonds. The molecule has 0 aliphatic carbocycles. The lowest BCUT2D eigenvalue weighted by Gasteiger charge is -2.28. The second-order valence-corrected chi connectivity index (χ2v) is 9.79. The summed E-state index contributed by atoms with van der Waals surface area (Å²) in [5.74, 6) is -2.60. The Hall–Kier alpha value is -1.77. The van der Waals surface area contributed by atoms with Crippen LogP contribution in [0.25, 0.3) is 0 Å². The molecule has 0 saturated carbocycles. The van der Waals surface area contributed by atoms with Gasteiger partial charge in [-0.05, 0) is 73.5 Å². The van der Waals surface area contributed by atoms with E-state index in [1.165, 1.54) is 6.07 Å². The van der Waals surface area contributed by atoms with Crippen LogP contribution in [0.15, 0.2) is 30.3 Å². The zero-order valence-corrected chi connectivity index (χ0v) is 21.2. The van der Waals surface area contributed by atoms with Gasteiger partial charge < -0.3 is 14.9 Å². The number of benzene rings is 2. The predicted octanol–water partition coefficient (Wildman–Crippen LogP) is 5.82. The molecule has 2 aromatic carbocycles. The first-order valence-electron chi connectivity index (χ1n) is 11.8. The second kappa shape index (κ2) is 13.0. The third kappa shape index (κ3) is 7.86. The van der Waals surface area contributed by atoms with E-state index >= 15 is 0 Å². The number of rotatable bonds is 12. The van der Waals surface area contributed by atoms with E-state index in [0.29, 0.717) is 23.0 Å². The van der Waals surface area contributed by atoms with Crippen molar-refractivity contribution >= 4 is 29.2 Å². The van der Waals surface area contributed by atoms with Crippen LogP contribution >= 0.6 is 23.2 Å². The molecule has 2 aromatic rings. The van der Waals surface area contributed by atoms with Gasteiger partial charge >= 0.3 is 5.97 Å². The summed E-state index contributed by atoms with van der Waals surface area (Å²) < 4.78 is 34.3. The third-order valence-corrected chi connectivity index (χ3v) is 7.13. The monoisotopic (exact) mass is 529 g/mol. The third-order valence-electron chi connectivity index (χ3n) is 6.39. The maximum atomic E-state index is 14.4. The molecule has 0 aromatic heterocycles. The zero-order chi connectivity index (χ0) is 25.5. The van der Waals surface area contributed by atoms with Gasteiger partial charge in [-0.3, -0.25) is 9.69 Å². The maximum Gasteiger partial charge on any atom is 0.303 e. The van der Waals surface area contributed by atoms with Crippen LogP contribution in [0.2, 0.25) is 10.0 Å². The summed E-state index contributed by atoms with van der Waals surface area (Å²) >= 11 is 12.2. The molecule has 1 fully saturated rings. The molecule has 35 heavy (non-hydrogen) atoms. The summed E-state index contributed by atoms with van der Waals surface area (Å²) in [7, 11) is 0. The SMILES string of the molecule is CC[C@@H](OC[C@H](O)CN1CCC[C@H]1Cc1ccc(Cl)c(Cl)c1)c1cc(F)cc(F)c1CCC(=O)O. The number of β-amino-alcohol motifs (C(OH)–C–C–N with tert-alkyl or cyclic N) is 1. The van der Waals surface area contributed by atoms with Crippen LogP contribution in [0.4, 0.5) is 8.78 Å². The molecule has 5 nitrogen and oxygen atoms in total. The van der Waals surface area contributed by atoms with Crippen molar-refractivity contribution in [3.8, 4) is 0 Å². The number of nitrogens with zero attached hydrogens (tertiary/aromatic N) is 1. The summed E-state index contributed by atoms with van der Waals surface area (Å²) in [6.45, 7) is 3.07. The van der Waals surface area contributed by atoms with Crippen molar-refractivity contribution in [3.05, 3.63) is 68.7 Å². The lowest BCUT2D eigenvalue weighted by Crippen LogP contribution is -2.39. The van der Waals surface area contributed by atoms with E-state index in [0.717, 1.165) is 37.4 Å². The second-order valence-electron chi connectivity index (χ2n) is 8.98. The molecule has 1 saturated heterocycles. The maximum absolute atomic E-state index is 14.4. The predicted molar refractivity (Wildman–Crippen MR) is 132 cm³/mol. The number of carboxylic acid groups (broad SMARTS) is 1. The van der Waals surface area contributed by atoms with Crippen molar-refractivity contribution in [3.63, 3.8) is 0 Å². The summed E-state index contributed by atoms with van der Waals surface area (Å²) in [6, 6.07) is 7.80. The van der Waals surface area contributed by atoms with Gasteiger partial charge in [0.15, 0.2) is 0 Å². The highest BCUT2D eigenvalue weighted by Gasteiger charge is 2.27. The zero-order valence-electron chi connectivity index (χ0n) is 19.7. The van der Waals surface area contributed by atoms with Crippen LogP contribution < -0.4 is 0 Å². The highest BCUT2D eigenvalue weighted by molar-refractivity contribution is 6.42. The summed E-state index contributed by atoms with van der Waals surface area (Å²) in [5, 5.41) is 20.7. The number of aliphatic hydroxyl groups is 1. The van der Waals surface area contributed by atoms with E-state index in [9.17, 15) is 18.7 Å². The summed E-state index contributed by atoms with van der Waals surface area (Å²) in [6.07, 6.45) is 1.43. The van der Waals surface area contributed by atoms with Crippen LogP contribution in [0.3, 0.4) is 0 Å². The number of aliphatic carboxylic acids is 1. The minimum absolute atomic E-state index is 0.00893. The van der Waals surface area contributed by atoms with Gasteiger partial charge in [0.1, 0.15) is 11.6 Å². The molecular weight excluding hydrogens is 499 g/mol. The number of carboxylic acids is 1. The lowest BCUT2D eigenvalue weighted by molar-refractivity contribution is -0.136. The Morgan fingerprint density at radius 2 is 2.00 bits per heavy atom. The summed E-state index contributed by atoms with van der Waals surface area (Å²) in [5.41, 5.74) is 1.50. The fourth-order valence-electron chi connectivity index (χ4n) is 4.69. The van der Waals surface area contributed by atoms with Gasteiger partial charge in [0.25, 0.3) is 0 Å². The average Bonchev–Trinajstić information content (AvgIpc) is 3.22. The molecule has 2 N–H and O–H groups in total. The number of carbonyl (C=O) groups is 1. The molecule has 1 heterocycles. The number of hydrogen-bond acceptors (Lipinski definition) is 4. The minimum Gasteiger partial charge on any atom is -0.481 e. The Morgan fingerprint density at radius 1 is 1.23 bits per heavy atom. The molecule has 3 rings (SSSR count). The lowest BCUT2D eigenvalue weighted by atomic mass is 9.96. The van der Waals surface area contributed by atoms with E-state index in [4.69, 9.17) is 33.0 Å². The van der Waals surface area contributed by atoms with Crippen LogP contribution in [0.5, 0.6) is 0 Å². The molecule has 9 heteroatoms. The molecule has 0 unspecified atom stereocenters. The Labute approximate surface area is 214 Å². The Kier molecular flexibility index (Phi) is 10.3. The van der Waals surface area contributed by atoms with Gasteiger partial charge in [-0.2, -0.15) is 0 Å². The topological polar surface area (TPSA) is 70.0 Å². The van der Waals surface area contributed by atoms with E-state index < -0.39 is 29.8 Å². The average molecular weight is 530 g/mol. The molecular formula is C26H31Cl2F2NO4. The van der Waals surface area contributed by atoms with E-state index in [1.807, 2.05) is 19.1 Å². The number of halogens is 4. The van der Waals surface area contributed by atoms with Crippen molar-refractivity contribution in [1.82, 2.24) is 4.90 Å². The molecule has 192 valence electrons. The van der Waals surface area contributed by atoms with Crippen molar-refractivity contribution in [2.24, 2.45) is 0 Å². The van der Waals surface area contributed by atoms with Crippen molar-refractivity contribution in [1.29, 1.82) is 0 Å². The highest BCUT2D eigenvalue weighted by Crippen LogP contribution is 2.30. The van der Waals surface area contributed by atoms with Crippen molar-refractivity contribution in [2.45, 2.75) is 63.7 Å². The first kappa shape index (κ1) is 27.8. The van der Waals surface area contributed by atoms with Gasteiger partial charge in [-0.1, -0.05) is 36.2 Å². The molecule has 3 atom stereocenters. The van der Waals surface area contributed by atoms with Gasteiger partial charge in [0.2, 0.25) is 0 Å². The molecule has 0 bridgehead atoms. The molecule has 0 spiro atoms. The normalized spacial score (nSPS) is 18.1. The smallest absolute Gasteiger partial charge is 0.303 e. The van der Waals surface area contributed by atoms with Crippen LogP contribution in [0, 0.1) is 11.6 Å². The first-order valence-corrected chi connectivity index (χ1v) is 12.6. The number of aliphatic hydroxyl groups excluding tert-OH is 1. The Bertz CT molecular complexity index is 1020. The van der Waals surface area contributed by atoms with Crippen LogP contribution in [-0.4, -0.2) is 52.9 Å². The van der Waals surface area contributed by atoms with Gasteiger partial charge in [-0.15, -0.1) is 0 Å². The number of likely N-dealkylation sites (tertiary alicyclic amines) is 1. The van der Waals surface area contributed by atoms with E-state index in [-0.39, 0.29) is 36.6 Å². The fourth-order valence-corrected chi connectivity index (χ4v) is 5.01. The number of ether oxygens (including phenoxy) is 1. The standard InChI is InChI=1S/C26H31Cl2F2NO4/c1-2-25(21-12-17(29)13-24(30)20(21)6-8-26(33)34)35-15-19(32)14-31-9-3-4-18(31)10-16-5-7-22(27)23(28)11-16/h5,7,11-13,18-19,25,32H,2-4,6,8-10,14-15H2,1H3,(H,33,34)/t18-,19+,25+/m0/s1. The highest BCUT2D eigenvalue weighted by atomic mass is 35.5. The summed E-state index contributed by atoms with van der Waals surface area (Å²) in [4.78, 5) is 13.2. The van der Waals surface area contributed by atoms with Gasteiger partial charge in [0.05, 0.1) is 28.9 Å². The van der Waals surface area contributed by atoms with Crippen LogP contribution in [-0.2, 0) is 22.4 Å². The number of hydrogen-bond donors (Lipinski definition) is 2. The quantitative estimate of drug-likeness (QED) is 0.362. The van der Waals surface area contributed by atoms with Crippen molar-refractivity contribution < 1.29 is 28.5 Å². The molecule has 0 radical (unpaired) electrons. The first-order chi connectivity index (χ1) is 16.7. The Balaban J connectivity index is 1.61. The van der Waals surface area contributed by atoms with Gasteiger partial charge in [0, 0.05) is 25.1 Å². The van der Waals surface area contributed by atoms with E-state index in [2.05, 4.69) is 4.90 Å². The molecule has 1 aliphatic heterocycles. The van der Waals surface area contributed by atoms with Crippen molar-refractivity contribution in [2.75, 3.05) is 19.7 Å². The minimum atomic E-state index is -1.06. The van der Waals surface area contributed by atoms with Gasteiger partial charge in [-0.25, -0.2) is 8.78 Å². The van der Waals surface area contributed by atoms with E-state index in [1.54, 1.807) is 6.07 Å². The van der Waals surface area contributed by atoms with Crippen LogP contribution in [0.1, 0.15) is 55.4 Å². The largest absolute Gasteiger partial charge is 0.481 e. The fraction of sp³-hybridized carbons (Fsp3) is 0.500. The molecule has 1 aliphatic rings. The Morgan fingerprint density at radius 3 is 2.69 bits per heavy atom.